The number of nitro groups is 1. The highest BCUT2D eigenvalue weighted by atomic mass is 79.9. The van der Waals surface area contributed by atoms with Crippen molar-refractivity contribution in [3.63, 3.8) is 0 Å². The van der Waals surface area contributed by atoms with Gasteiger partial charge in [-0.15, -0.1) is 0 Å². The normalized spacial score (nSPS) is 10.2. The van der Waals surface area contributed by atoms with E-state index in [-0.39, 0.29) is 11.5 Å². The van der Waals surface area contributed by atoms with Gasteiger partial charge in [-0.1, -0.05) is 0 Å². The van der Waals surface area contributed by atoms with Gasteiger partial charge in [0.25, 0.3) is 4.73 Å². The molecule has 0 saturated heterocycles. The van der Waals surface area contributed by atoms with Crippen LogP contribution in [0.3, 0.4) is 0 Å². The van der Waals surface area contributed by atoms with Crippen LogP contribution in [0, 0.1) is 10.1 Å². The zero-order valence-corrected chi connectivity index (χ0v) is 7.78. The van der Waals surface area contributed by atoms with E-state index in [4.69, 9.17) is 5.11 Å². The van der Waals surface area contributed by atoms with E-state index in [1.165, 1.54) is 4.57 Å². The third-order valence-corrected chi connectivity index (χ3v) is 2.17. The van der Waals surface area contributed by atoms with Crippen molar-refractivity contribution in [2.45, 2.75) is 6.61 Å². The summed E-state index contributed by atoms with van der Waals surface area (Å²) in [7, 11) is 1.58. The topological polar surface area (TPSA) is 81.2 Å². The minimum Gasteiger partial charge on any atom is -0.390 e. The standard InChI is InChI=1S/C5H6BrN3O3/c1-8-3(2-10)4(9(11)12)7-5(8)6/h10H,2H2,1H3. The molecule has 1 heterocycles. The quantitative estimate of drug-likeness (QED) is 0.601. The highest BCUT2D eigenvalue weighted by molar-refractivity contribution is 9.10. The number of hydrogen-bond acceptors (Lipinski definition) is 4. The lowest BCUT2D eigenvalue weighted by atomic mass is 10.4. The number of halogens is 1. The Morgan fingerprint density at radius 1 is 1.83 bits per heavy atom. The van der Waals surface area contributed by atoms with Gasteiger partial charge in [0.05, 0.1) is 6.61 Å². The van der Waals surface area contributed by atoms with Crippen LogP contribution in [0.25, 0.3) is 0 Å². The molecule has 1 rings (SSSR count). The predicted octanol–water partition coefficient (Wildman–Crippen LogP) is 0.583. The minimum atomic E-state index is -0.629. The lowest BCUT2D eigenvalue weighted by Gasteiger charge is -1.95. The summed E-state index contributed by atoms with van der Waals surface area (Å²) in [4.78, 5) is 13.3. The minimum absolute atomic E-state index is 0.187. The lowest BCUT2D eigenvalue weighted by Crippen LogP contribution is -1.99. The molecule has 0 unspecified atom stereocenters. The zero-order chi connectivity index (χ0) is 9.30. The van der Waals surface area contributed by atoms with Crippen molar-refractivity contribution in [1.82, 2.24) is 9.55 Å². The summed E-state index contributed by atoms with van der Waals surface area (Å²) in [6, 6.07) is 0. The second kappa shape index (κ2) is 3.20. The summed E-state index contributed by atoms with van der Waals surface area (Å²) in [5.74, 6) is -0.313. The molecule has 0 spiro atoms. The predicted molar refractivity (Wildman–Crippen MR) is 43.5 cm³/mol. The molecule has 0 aliphatic carbocycles. The van der Waals surface area contributed by atoms with Crippen LogP contribution in [0.4, 0.5) is 5.82 Å². The van der Waals surface area contributed by atoms with E-state index in [9.17, 15) is 10.1 Å². The number of nitrogens with zero attached hydrogens (tertiary/aromatic N) is 3. The van der Waals surface area contributed by atoms with Crippen molar-refractivity contribution < 1.29 is 10.0 Å². The molecule has 0 aliphatic heterocycles. The van der Waals surface area contributed by atoms with E-state index in [1.807, 2.05) is 0 Å². The van der Waals surface area contributed by atoms with Gasteiger partial charge < -0.3 is 15.2 Å². The first-order valence-corrected chi connectivity index (χ1v) is 3.83. The van der Waals surface area contributed by atoms with E-state index >= 15 is 0 Å². The van der Waals surface area contributed by atoms with Gasteiger partial charge in [0.1, 0.15) is 5.69 Å². The molecule has 1 aromatic heterocycles. The third-order valence-electron chi connectivity index (χ3n) is 1.46. The number of aliphatic hydroxyl groups excluding tert-OH is 1. The van der Waals surface area contributed by atoms with Gasteiger partial charge in [0, 0.05) is 23.0 Å². The molecule has 0 bridgehead atoms. The maximum atomic E-state index is 10.3. The van der Waals surface area contributed by atoms with E-state index < -0.39 is 11.5 Å². The molecule has 1 N–H and O–H groups in total. The third kappa shape index (κ3) is 1.32. The average Bonchev–Trinajstić information content (AvgIpc) is 2.29. The Hall–Kier alpha value is -0.950. The molecular weight excluding hydrogens is 230 g/mol. The van der Waals surface area contributed by atoms with Crippen molar-refractivity contribution in [1.29, 1.82) is 0 Å². The molecule has 1 aromatic rings. The Morgan fingerprint density at radius 2 is 2.42 bits per heavy atom. The van der Waals surface area contributed by atoms with Crippen LogP contribution in [0.15, 0.2) is 4.73 Å². The monoisotopic (exact) mass is 235 g/mol. The Balaban J connectivity index is 3.29. The summed E-state index contributed by atoms with van der Waals surface area (Å²) in [6.45, 7) is -0.397. The average molecular weight is 236 g/mol. The molecule has 0 aromatic carbocycles. The first-order valence-electron chi connectivity index (χ1n) is 3.04. The number of aromatic nitrogens is 2. The Morgan fingerprint density at radius 3 is 2.75 bits per heavy atom. The summed E-state index contributed by atoms with van der Waals surface area (Å²) >= 11 is 3.01. The van der Waals surface area contributed by atoms with Crippen LogP contribution >= 0.6 is 15.9 Å². The molecule has 6 nitrogen and oxygen atoms in total. The van der Waals surface area contributed by atoms with Crippen LogP contribution < -0.4 is 0 Å². The number of rotatable bonds is 2. The second-order valence-corrected chi connectivity index (χ2v) is 2.83. The SMILES string of the molecule is Cn1c(Br)nc([N+](=O)[O-])c1CO. The molecule has 12 heavy (non-hydrogen) atoms. The lowest BCUT2D eigenvalue weighted by molar-refractivity contribution is -0.390. The van der Waals surface area contributed by atoms with Gasteiger partial charge in [0.15, 0.2) is 0 Å². The number of imidazole rings is 1. The molecule has 0 aliphatic rings. The van der Waals surface area contributed by atoms with Crippen LogP contribution in [0.2, 0.25) is 0 Å². The first kappa shape index (κ1) is 9.14. The second-order valence-electron chi connectivity index (χ2n) is 2.13. The fourth-order valence-corrected chi connectivity index (χ4v) is 1.19. The summed E-state index contributed by atoms with van der Waals surface area (Å²) in [5, 5.41) is 19.1. The smallest absolute Gasteiger partial charge is 0.388 e. The van der Waals surface area contributed by atoms with Crippen LogP contribution in [0.1, 0.15) is 5.69 Å². The van der Waals surface area contributed by atoms with Crippen molar-refractivity contribution in [3.05, 3.63) is 20.5 Å². The molecule has 0 fully saturated rings. The Bertz CT molecular complexity index is 322. The molecule has 0 atom stereocenters. The van der Waals surface area contributed by atoms with Crippen LogP contribution in [-0.4, -0.2) is 19.6 Å². The van der Waals surface area contributed by atoms with Gasteiger partial charge in [0.2, 0.25) is 0 Å². The van der Waals surface area contributed by atoms with Crippen LogP contribution in [0.5, 0.6) is 0 Å². The molecule has 0 radical (unpaired) electrons. The fourth-order valence-electron chi connectivity index (χ4n) is 0.811. The summed E-state index contributed by atoms with van der Waals surface area (Å²) in [6.07, 6.45) is 0. The zero-order valence-electron chi connectivity index (χ0n) is 6.19. The maximum absolute atomic E-state index is 10.3. The van der Waals surface area contributed by atoms with Gasteiger partial charge >= 0.3 is 5.82 Å². The highest BCUT2D eigenvalue weighted by Crippen LogP contribution is 2.21. The Labute approximate surface area is 76.1 Å². The van der Waals surface area contributed by atoms with E-state index in [1.54, 1.807) is 7.05 Å². The van der Waals surface area contributed by atoms with E-state index in [0.717, 1.165) is 0 Å². The molecule has 0 amide bonds. The van der Waals surface area contributed by atoms with Gasteiger partial charge in [-0.05, 0) is 9.91 Å². The molecule has 0 saturated carbocycles. The number of aliphatic hydroxyl groups is 1. The molecule has 66 valence electrons. The van der Waals surface area contributed by atoms with Gasteiger partial charge in [-0.25, -0.2) is 0 Å². The number of hydrogen-bond donors (Lipinski definition) is 1. The van der Waals surface area contributed by atoms with E-state index in [0.29, 0.717) is 4.73 Å². The Kier molecular flexibility index (Phi) is 2.43. The van der Waals surface area contributed by atoms with Crippen molar-refractivity contribution in [2.24, 2.45) is 7.05 Å². The maximum Gasteiger partial charge on any atom is 0.388 e. The first-order chi connectivity index (χ1) is 5.57. The summed E-state index contributed by atoms with van der Waals surface area (Å²) in [5.41, 5.74) is 0.187. The molecule has 7 heteroatoms. The van der Waals surface area contributed by atoms with E-state index in [2.05, 4.69) is 20.9 Å². The van der Waals surface area contributed by atoms with Gasteiger partial charge in [-0.2, -0.15) is 0 Å². The fraction of sp³-hybridized carbons (Fsp3) is 0.400. The molecular formula is C5H6BrN3O3. The van der Waals surface area contributed by atoms with Crippen LogP contribution in [-0.2, 0) is 13.7 Å². The van der Waals surface area contributed by atoms with Gasteiger partial charge in [-0.3, -0.25) is 4.57 Å². The summed E-state index contributed by atoms with van der Waals surface area (Å²) < 4.78 is 1.75. The largest absolute Gasteiger partial charge is 0.390 e. The van der Waals surface area contributed by atoms with Crippen molar-refractivity contribution in [3.8, 4) is 0 Å². The van der Waals surface area contributed by atoms with Crippen molar-refractivity contribution >= 4 is 21.7 Å². The highest BCUT2D eigenvalue weighted by Gasteiger charge is 2.22. The van der Waals surface area contributed by atoms with Crippen molar-refractivity contribution in [2.75, 3.05) is 0 Å².